The molecule has 1 saturated heterocycles. The lowest BCUT2D eigenvalue weighted by Gasteiger charge is -2.26. The van der Waals surface area contributed by atoms with Gasteiger partial charge in [-0.05, 0) is 41.5 Å². The van der Waals surface area contributed by atoms with Gasteiger partial charge in [-0.1, -0.05) is 42.5 Å². The molecule has 1 aromatic heterocycles. The Labute approximate surface area is 192 Å². The quantitative estimate of drug-likeness (QED) is 0.438. The average Bonchev–Trinajstić information content (AvgIpc) is 3.28. The van der Waals surface area contributed by atoms with Crippen LogP contribution < -0.4 is 0 Å². The van der Waals surface area contributed by atoms with E-state index in [0.29, 0.717) is 30.9 Å². The molecule has 2 heterocycles. The van der Waals surface area contributed by atoms with E-state index >= 15 is 0 Å². The smallest absolute Gasteiger partial charge is 0.132 e. The molecular formula is C27H23FN4O. The molecule has 0 spiro atoms. The highest BCUT2D eigenvalue weighted by atomic mass is 19.1. The van der Waals surface area contributed by atoms with Crippen LogP contribution >= 0.6 is 0 Å². The molecule has 0 saturated carbocycles. The maximum atomic E-state index is 14.9. The largest absolute Gasteiger partial charge is 0.379 e. The van der Waals surface area contributed by atoms with E-state index in [9.17, 15) is 9.65 Å². The van der Waals surface area contributed by atoms with E-state index in [-0.39, 0.29) is 5.82 Å². The summed E-state index contributed by atoms with van der Waals surface area (Å²) in [6, 6.07) is 24.4. The first-order valence-corrected chi connectivity index (χ1v) is 11.0. The lowest BCUT2D eigenvalue weighted by molar-refractivity contribution is 0.0342. The summed E-state index contributed by atoms with van der Waals surface area (Å²) in [5, 5.41) is 14.1. The zero-order valence-electron chi connectivity index (χ0n) is 18.1. The fourth-order valence-electron chi connectivity index (χ4n) is 4.25. The van der Waals surface area contributed by atoms with Crippen molar-refractivity contribution in [3.63, 3.8) is 0 Å². The fraction of sp³-hybridized carbons (Fsp3) is 0.185. The molecule has 0 radical (unpaired) electrons. The Morgan fingerprint density at radius 3 is 2.33 bits per heavy atom. The van der Waals surface area contributed by atoms with Gasteiger partial charge in [-0.25, -0.2) is 9.07 Å². The van der Waals surface area contributed by atoms with Crippen LogP contribution in [0.2, 0.25) is 0 Å². The Morgan fingerprint density at radius 2 is 1.61 bits per heavy atom. The van der Waals surface area contributed by atoms with Crippen LogP contribution in [-0.2, 0) is 11.3 Å². The number of rotatable bonds is 5. The first-order valence-electron chi connectivity index (χ1n) is 11.0. The monoisotopic (exact) mass is 438 g/mol. The molecule has 164 valence electrons. The van der Waals surface area contributed by atoms with E-state index in [0.717, 1.165) is 41.2 Å². The van der Waals surface area contributed by atoms with Crippen molar-refractivity contribution >= 4 is 0 Å². The second-order valence-electron chi connectivity index (χ2n) is 8.00. The first-order chi connectivity index (χ1) is 16.2. The van der Waals surface area contributed by atoms with Crippen molar-refractivity contribution in [2.45, 2.75) is 6.54 Å². The van der Waals surface area contributed by atoms with Crippen LogP contribution in [0, 0.1) is 17.1 Å². The average molecular weight is 439 g/mol. The molecule has 3 aromatic carbocycles. The van der Waals surface area contributed by atoms with Gasteiger partial charge in [0.05, 0.1) is 42.4 Å². The summed E-state index contributed by atoms with van der Waals surface area (Å²) in [7, 11) is 0. The van der Waals surface area contributed by atoms with Gasteiger partial charge in [0.15, 0.2) is 0 Å². The molecule has 5 rings (SSSR count). The second kappa shape index (κ2) is 9.37. The van der Waals surface area contributed by atoms with E-state index in [2.05, 4.69) is 16.1 Å². The van der Waals surface area contributed by atoms with Gasteiger partial charge in [-0.2, -0.15) is 10.4 Å². The number of hydrogen-bond acceptors (Lipinski definition) is 4. The van der Waals surface area contributed by atoms with Gasteiger partial charge in [0, 0.05) is 30.8 Å². The number of benzene rings is 3. The molecule has 0 atom stereocenters. The van der Waals surface area contributed by atoms with Gasteiger partial charge < -0.3 is 4.74 Å². The van der Waals surface area contributed by atoms with Crippen molar-refractivity contribution in [2.24, 2.45) is 0 Å². The van der Waals surface area contributed by atoms with Crippen LogP contribution in [0.4, 0.5) is 4.39 Å². The molecule has 5 nitrogen and oxygen atoms in total. The summed E-state index contributed by atoms with van der Waals surface area (Å²) >= 11 is 0. The van der Waals surface area contributed by atoms with Crippen molar-refractivity contribution in [3.8, 4) is 34.1 Å². The minimum absolute atomic E-state index is 0.276. The molecule has 1 fully saturated rings. The second-order valence-corrected chi connectivity index (χ2v) is 8.00. The number of aromatic nitrogens is 2. The Balaban J connectivity index is 1.55. The number of morpholine rings is 1. The lowest BCUT2D eigenvalue weighted by atomic mass is 10.00. The highest BCUT2D eigenvalue weighted by Crippen LogP contribution is 2.31. The first kappa shape index (κ1) is 21.1. The Hall–Kier alpha value is -3.79. The third-order valence-electron chi connectivity index (χ3n) is 5.94. The molecule has 0 amide bonds. The zero-order valence-corrected chi connectivity index (χ0v) is 18.1. The van der Waals surface area contributed by atoms with Gasteiger partial charge in [0.2, 0.25) is 0 Å². The summed E-state index contributed by atoms with van der Waals surface area (Å²) in [6.07, 6.45) is 1.83. The number of nitrogens with zero attached hydrogens (tertiary/aromatic N) is 4. The highest BCUT2D eigenvalue weighted by molar-refractivity contribution is 5.72. The normalized spacial score (nSPS) is 14.2. The zero-order chi connectivity index (χ0) is 22.6. The minimum atomic E-state index is -0.276. The van der Waals surface area contributed by atoms with E-state index in [4.69, 9.17) is 4.74 Å². The van der Waals surface area contributed by atoms with Crippen LogP contribution in [0.5, 0.6) is 0 Å². The third kappa shape index (κ3) is 4.29. The van der Waals surface area contributed by atoms with Gasteiger partial charge in [0.25, 0.3) is 0 Å². The van der Waals surface area contributed by atoms with Crippen LogP contribution in [0.25, 0.3) is 28.1 Å². The third-order valence-corrected chi connectivity index (χ3v) is 5.94. The molecule has 0 aliphatic carbocycles. The van der Waals surface area contributed by atoms with Crippen molar-refractivity contribution in [1.82, 2.24) is 14.7 Å². The molecule has 4 aromatic rings. The fourth-order valence-corrected chi connectivity index (χ4v) is 4.25. The molecule has 0 bridgehead atoms. The molecular weight excluding hydrogens is 415 g/mol. The predicted octanol–water partition coefficient (Wildman–Crippen LogP) is 5.05. The van der Waals surface area contributed by atoms with E-state index < -0.39 is 0 Å². The molecule has 0 unspecified atom stereocenters. The number of ether oxygens (including phenoxy) is 1. The summed E-state index contributed by atoms with van der Waals surface area (Å²) in [5.74, 6) is -0.276. The number of nitriles is 1. The molecule has 0 N–H and O–H groups in total. The van der Waals surface area contributed by atoms with Gasteiger partial charge >= 0.3 is 0 Å². The Morgan fingerprint density at radius 1 is 0.909 bits per heavy atom. The van der Waals surface area contributed by atoms with Gasteiger partial charge in [0.1, 0.15) is 5.82 Å². The summed E-state index contributed by atoms with van der Waals surface area (Å²) in [4.78, 5) is 2.30. The number of hydrogen-bond donors (Lipinski definition) is 0. The maximum Gasteiger partial charge on any atom is 0.132 e. The highest BCUT2D eigenvalue weighted by Gasteiger charge is 2.20. The lowest BCUT2D eigenvalue weighted by Crippen LogP contribution is -2.35. The van der Waals surface area contributed by atoms with Gasteiger partial charge in [-0.3, -0.25) is 4.90 Å². The Kier molecular flexibility index (Phi) is 5.99. The van der Waals surface area contributed by atoms with Crippen LogP contribution in [0.3, 0.4) is 0 Å². The van der Waals surface area contributed by atoms with Crippen molar-refractivity contribution in [2.75, 3.05) is 26.3 Å². The summed E-state index contributed by atoms with van der Waals surface area (Å²) < 4.78 is 22.1. The number of halogens is 1. The van der Waals surface area contributed by atoms with E-state index in [1.54, 1.807) is 16.8 Å². The maximum absolute atomic E-state index is 14.9. The predicted molar refractivity (Wildman–Crippen MR) is 125 cm³/mol. The molecule has 6 heteroatoms. The van der Waals surface area contributed by atoms with Crippen molar-refractivity contribution in [1.29, 1.82) is 5.26 Å². The minimum Gasteiger partial charge on any atom is -0.379 e. The van der Waals surface area contributed by atoms with E-state index in [1.807, 2.05) is 60.8 Å². The SMILES string of the molecule is N#Cc1ccccc1-c1ccc(-n2ncc(CN3CCOCC3)c2-c2ccccc2F)cc1. The topological polar surface area (TPSA) is 54.1 Å². The Bertz CT molecular complexity index is 1300. The van der Waals surface area contributed by atoms with Crippen molar-refractivity contribution in [3.05, 3.63) is 95.9 Å². The summed E-state index contributed by atoms with van der Waals surface area (Å²) in [5.41, 5.74) is 5.55. The molecule has 1 aliphatic rings. The molecule has 1 aliphatic heterocycles. The summed E-state index contributed by atoms with van der Waals surface area (Å²) in [6.45, 7) is 3.77. The van der Waals surface area contributed by atoms with Crippen LogP contribution in [-0.4, -0.2) is 41.0 Å². The molecule has 33 heavy (non-hydrogen) atoms. The van der Waals surface area contributed by atoms with Crippen molar-refractivity contribution < 1.29 is 9.13 Å². The van der Waals surface area contributed by atoms with Gasteiger partial charge in [-0.15, -0.1) is 0 Å². The van der Waals surface area contributed by atoms with Crippen LogP contribution in [0.15, 0.2) is 79.0 Å². The van der Waals surface area contributed by atoms with Crippen LogP contribution in [0.1, 0.15) is 11.1 Å². The van der Waals surface area contributed by atoms with E-state index in [1.165, 1.54) is 6.07 Å². The standard InChI is InChI=1S/C27H23FN4O/c28-26-8-4-3-7-25(26)27-22(19-31-13-15-33-16-14-31)18-30-32(27)23-11-9-20(10-12-23)24-6-2-1-5-21(24)17-29/h1-12,18H,13-16,19H2.